The largest absolute Gasteiger partial charge is 0.493 e. The third kappa shape index (κ3) is 4.72. The van der Waals surface area contributed by atoms with Crippen LogP contribution in [0.4, 0.5) is 0 Å². The Bertz CT molecular complexity index is 660. The molecule has 1 saturated heterocycles. The van der Waals surface area contributed by atoms with Gasteiger partial charge in [0, 0.05) is 19.5 Å². The Hall–Kier alpha value is -2.55. The van der Waals surface area contributed by atoms with E-state index in [0.717, 1.165) is 24.8 Å². The minimum absolute atomic E-state index is 0.146. The normalized spacial score (nSPS) is 15.2. The summed E-state index contributed by atoms with van der Waals surface area (Å²) in [5, 5.41) is 9.29. The molecule has 0 aliphatic carbocycles. The number of methoxy groups -OCH3 is 2. The molecule has 1 aliphatic heterocycles. The van der Waals surface area contributed by atoms with Crippen LogP contribution in [0.1, 0.15) is 31.2 Å². The summed E-state index contributed by atoms with van der Waals surface area (Å²) in [5.41, 5.74) is 0.896. The van der Waals surface area contributed by atoms with Gasteiger partial charge in [0.2, 0.25) is 5.91 Å². The SMILES string of the molecule is COc1ccc(CCC(=O)[C@H](C#N)C(=O)N2CCCCC2)cc1OC. The van der Waals surface area contributed by atoms with Crippen LogP contribution in [-0.2, 0) is 16.0 Å². The average molecular weight is 344 g/mol. The van der Waals surface area contributed by atoms with Crippen LogP contribution in [0.3, 0.4) is 0 Å². The number of Topliss-reactive ketones (excluding diaryl/α,β-unsaturated/α-hetero) is 1. The third-order valence-corrected chi connectivity index (χ3v) is 4.47. The highest BCUT2D eigenvalue weighted by molar-refractivity contribution is 6.04. The highest BCUT2D eigenvalue weighted by Crippen LogP contribution is 2.28. The quantitative estimate of drug-likeness (QED) is 0.710. The maximum atomic E-state index is 12.4. The minimum atomic E-state index is -1.20. The number of benzene rings is 1. The molecule has 1 aromatic carbocycles. The number of rotatable bonds is 7. The second-order valence-electron chi connectivity index (χ2n) is 6.10. The number of hydrogen-bond acceptors (Lipinski definition) is 5. The van der Waals surface area contributed by atoms with Gasteiger partial charge in [-0.15, -0.1) is 0 Å². The van der Waals surface area contributed by atoms with Crippen LogP contribution < -0.4 is 9.47 Å². The lowest BCUT2D eigenvalue weighted by Gasteiger charge is -2.28. The molecule has 0 aromatic heterocycles. The van der Waals surface area contributed by atoms with Gasteiger partial charge in [0.05, 0.1) is 20.3 Å². The van der Waals surface area contributed by atoms with Gasteiger partial charge in [-0.2, -0.15) is 5.26 Å². The summed E-state index contributed by atoms with van der Waals surface area (Å²) in [7, 11) is 3.11. The van der Waals surface area contributed by atoms with Crippen molar-refractivity contribution in [3.8, 4) is 17.6 Å². The van der Waals surface area contributed by atoms with Gasteiger partial charge < -0.3 is 14.4 Å². The van der Waals surface area contributed by atoms with Crippen molar-refractivity contribution in [2.24, 2.45) is 5.92 Å². The van der Waals surface area contributed by atoms with Crippen molar-refractivity contribution >= 4 is 11.7 Å². The van der Waals surface area contributed by atoms with E-state index >= 15 is 0 Å². The molecule has 25 heavy (non-hydrogen) atoms. The van der Waals surface area contributed by atoms with Crippen LogP contribution in [-0.4, -0.2) is 43.9 Å². The molecule has 1 aliphatic rings. The van der Waals surface area contributed by atoms with E-state index in [-0.39, 0.29) is 18.1 Å². The molecule has 1 aromatic rings. The minimum Gasteiger partial charge on any atom is -0.493 e. The fraction of sp³-hybridized carbons (Fsp3) is 0.526. The van der Waals surface area contributed by atoms with Crippen LogP contribution in [0.25, 0.3) is 0 Å². The lowest BCUT2D eigenvalue weighted by molar-refractivity contribution is -0.139. The zero-order chi connectivity index (χ0) is 18.2. The third-order valence-electron chi connectivity index (χ3n) is 4.47. The van der Waals surface area contributed by atoms with Crippen LogP contribution in [0.5, 0.6) is 11.5 Å². The lowest BCUT2D eigenvalue weighted by atomic mass is 9.96. The van der Waals surface area contributed by atoms with E-state index in [2.05, 4.69) is 0 Å². The van der Waals surface area contributed by atoms with E-state index in [1.54, 1.807) is 31.3 Å². The first-order valence-corrected chi connectivity index (χ1v) is 8.52. The number of likely N-dealkylation sites (tertiary alicyclic amines) is 1. The monoisotopic (exact) mass is 344 g/mol. The predicted molar refractivity (Wildman–Crippen MR) is 92.4 cm³/mol. The van der Waals surface area contributed by atoms with Crippen molar-refractivity contribution in [2.45, 2.75) is 32.1 Å². The average Bonchev–Trinajstić information content (AvgIpc) is 2.67. The van der Waals surface area contributed by atoms with Crippen LogP contribution >= 0.6 is 0 Å². The molecule has 1 heterocycles. The molecule has 6 nitrogen and oxygen atoms in total. The number of nitriles is 1. The zero-order valence-corrected chi connectivity index (χ0v) is 14.8. The summed E-state index contributed by atoms with van der Waals surface area (Å²) in [5.74, 6) is -0.660. The van der Waals surface area contributed by atoms with Gasteiger partial charge >= 0.3 is 0 Å². The second kappa shape index (κ2) is 9.07. The van der Waals surface area contributed by atoms with E-state index in [9.17, 15) is 14.9 Å². The molecule has 0 N–H and O–H groups in total. The van der Waals surface area contributed by atoms with Crippen molar-refractivity contribution in [1.29, 1.82) is 5.26 Å². The van der Waals surface area contributed by atoms with Gasteiger partial charge in [-0.05, 0) is 43.4 Å². The Morgan fingerprint density at radius 3 is 2.44 bits per heavy atom. The molecule has 1 amide bonds. The fourth-order valence-electron chi connectivity index (χ4n) is 3.01. The predicted octanol–water partition coefficient (Wildman–Crippen LogP) is 2.36. The first-order valence-electron chi connectivity index (χ1n) is 8.52. The summed E-state index contributed by atoms with van der Waals surface area (Å²) < 4.78 is 10.4. The van der Waals surface area contributed by atoms with Gasteiger partial charge in [0.1, 0.15) is 0 Å². The summed E-state index contributed by atoms with van der Waals surface area (Å²) >= 11 is 0. The number of nitrogens with zero attached hydrogens (tertiary/aromatic N) is 2. The Morgan fingerprint density at radius 2 is 1.84 bits per heavy atom. The summed E-state index contributed by atoms with van der Waals surface area (Å²) in [6.45, 7) is 1.28. The molecule has 0 spiro atoms. The van der Waals surface area contributed by atoms with Gasteiger partial charge in [0.25, 0.3) is 0 Å². The van der Waals surface area contributed by atoms with Gasteiger partial charge in [-0.3, -0.25) is 9.59 Å². The van der Waals surface area contributed by atoms with Crippen molar-refractivity contribution in [1.82, 2.24) is 4.90 Å². The maximum absolute atomic E-state index is 12.4. The van der Waals surface area contributed by atoms with Crippen LogP contribution in [0.15, 0.2) is 18.2 Å². The molecular formula is C19H24N2O4. The number of ketones is 1. The van der Waals surface area contributed by atoms with Gasteiger partial charge in [-0.25, -0.2) is 0 Å². The van der Waals surface area contributed by atoms with Gasteiger partial charge in [-0.1, -0.05) is 6.07 Å². The molecule has 6 heteroatoms. The van der Waals surface area contributed by atoms with E-state index in [1.165, 1.54) is 0 Å². The number of carbonyl (C=O) groups excluding carboxylic acids is 2. The lowest BCUT2D eigenvalue weighted by Crippen LogP contribution is -2.41. The van der Waals surface area contributed by atoms with E-state index in [0.29, 0.717) is 31.0 Å². The number of amides is 1. The summed E-state index contributed by atoms with van der Waals surface area (Å²) in [6, 6.07) is 7.32. The van der Waals surface area contributed by atoms with E-state index in [1.807, 2.05) is 12.1 Å². The molecule has 134 valence electrons. The number of piperidine rings is 1. The van der Waals surface area contributed by atoms with E-state index in [4.69, 9.17) is 9.47 Å². The molecule has 0 saturated carbocycles. The zero-order valence-electron chi connectivity index (χ0n) is 14.8. The maximum Gasteiger partial charge on any atom is 0.247 e. The van der Waals surface area contributed by atoms with Crippen molar-refractivity contribution in [3.63, 3.8) is 0 Å². The second-order valence-corrected chi connectivity index (χ2v) is 6.10. The topological polar surface area (TPSA) is 79.6 Å². The van der Waals surface area contributed by atoms with Gasteiger partial charge in [0.15, 0.2) is 23.2 Å². The number of carbonyl (C=O) groups is 2. The molecule has 1 fully saturated rings. The van der Waals surface area contributed by atoms with Crippen molar-refractivity contribution in [2.75, 3.05) is 27.3 Å². The smallest absolute Gasteiger partial charge is 0.247 e. The highest BCUT2D eigenvalue weighted by atomic mass is 16.5. The molecule has 0 radical (unpaired) electrons. The van der Waals surface area contributed by atoms with Crippen molar-refractivity contribution in [3.05, 3.63) is 23.8 Å². The molecular weight excluding hydrogens is 320 g/mol. The first kappa shape index (κ1) is 18.8. The Labute approximate surface area is 148 Å². The Balaban J connectivity index is 1.98. The fourth-order valence-corrected chi connectivity index (χ4v) is 3.01. The van der Waals surface area contributed by atoms with Crippen LogP contribution in [0.2, 0.25) is 0 Å². The number of ether oxygens (including phenoxy) is 2. The molecule has 0 unspecified atom stereocenters. The molecule has 1 atom stereocenters. The number of aryl methyl sites for hydroxylation is 1. The Kier molecular flexibility index (Phi) is 6.81. The summed E-state index contributed by atoms with van der Waals surface area (Å²) in [6.07, 6.45) is 3.56. The standard InChI is InChI=1S/C19H24N2O4/c1-24-17-9-7-14(12-18(17)25-2)6-8-16(22)15(13-20)19(23)21-10-4-3-5-11-21/h7,9,12,15H,3-6,8,10-11H2,1-2H3/t15-/m0/s1. The van der Waals surface area contributed by atoms with Crippen molar-refractivity contribution < 1.29 is 19.1 Å². The number of hydrogen-bond donors (Lipinski definition) is 0. The van der Waals surface area contributed by atoms with E-state index < -0.39 is 5.92 Å². The molecule has 0 bridgehead atoms. The highest BCUT2D eigenvalue weighted by Gasteiger charge is 2.30. The first-order chi connectivity index (χ1) is 12.1. The summed E-state index contributed by atoms with van der Waals surface area (Å²) in [4.78, 5) is 26.4. The van der Waals surface area contributed by atoms with Crippen LogP contribution in [0, 0.1) is 17.2 Å². The molecule has 2 rings (SSSR count). The Morgan fingerprint density at radius 1 is 1.16 bits per heavy atom.